The standard InChI is InChI=1S/C23H22N4O6S/c1-16-4-11-20(12-5-16)34(31,32)26(2)19-9-7-18(8-10-19)23(28)25-24-15-17-6-13-22(33-3)21(14-17)27(29)30/h4-15H,1-3H3,(H,25,28)/b24-15-. The van der Waals surface area contributed by atoms with Crippen molar-refractivity contribution in [3.05, 3.63) is 93.5 Å². The largest absolute Gasteiger partial charge is 0.490 e. The molecule has 176 valence electrons. The van der Waals surface area contributed by atoms with Crippen LogP contribution in [0.2, 0.25) is 0 Å². The molecule has 10 nitrogen and oxygen atoms in total. The van der Waals surface area contributed by atoms with Crippen LogP contribution in [0.15, 0.2) is 76.7 Å². The fourth-order valence-corrected chi connectivity index (χ4v) is 4.19. The van der Waals surface area contributed by atoms with Crippen molar-refractivity contribution in [1.29, 1.82) is 0 Å². The molecule has 0 aromatic heterocycles. The van der Waals surface area contributed by atoms with Gasteiger partial charge in [-0.25, -0.2) is 13.8 Å². The van der Waals surface area contributed by atoms with Gasteiger partial charge in [0, 0.05) is 24.2 Å². The smallest absolute Gasteiger partial charge is 0.311 e. The van der Waals surface area contributed by atoms with Crippen molar-refractivity contribution in [1.82, 2.24) is 5.43 Å². The number of ether oxygens (including phenoxy) is 1. The summed E-state index contributed by atoms with van der Waals surface area (Å²) in [6, 6.07) is 16.7. The molecule has 0 bridgehead atoms. The summed E-state index contributed by atoms with van der Waals surface area (Å²) in [5.41, 5.74) is 4.09. The second kappa shape index (κ2) is 10.1. The molecule has 0 atom stereocenters. The Morgan fingerprint density at radius 1 is 1.09 bits per heavy atom. The minimum atomic E-state index is -3.75. The van der Waals surface area contributed by atoms with Crippen molar-refractivity contribution in [3.63, 3.8) is 0 Å². The number of aryl methyl sites for hydroxylation is 1. The lowest BCUT2D eigenvalue weighted by atomic mass is 10.2. The van der Waals surface area contributed by atoms with E-state index in [0.717, 1.165) is 9.87 Å². The van der Waals surface area contributed by atoms with Gasteiger partial charge in [0.1, 0.15) is 0 Å². The number of hydrogen-bond donors (Lipinski definition) is 1. The SMILES string of the molecule is COc1ccc(/C=N\NC(=O)c2ccc(N(C)S(=O)(=O)c3ccc(C)cc3)cc2)cc1[N+](=O)[O-]. The second-order valence-corrected chi connectivity index (χ2v) is 9.19. The number of anilines is 1. The van der Waals surface area contributed by atoms with E-state index in [1.807, 2.05) is 6.92 Å². The number of carbonyl (C=O) groups is 1. The molecule has 0 spiro atoms. The lowest BCUT2D eigenvalue weighted by molar-refractivity contribution is -0.385. The molecule has 0 aliphatic rings. The maximum atomic E-state index is 12.8. The van der Waals surface area contributed by atoms with Gasteiger partial charge in [-0.2, -0.15) is 5.10 Å². The highest BCUT2D eigenvalue weighted by Gasteiger charge is 2.21. The summed E-state index contributed by atoms with van der Waals surface area (Å²) in [6.07, 6.45) is 1.26. The van der Waals surface area contributed by atoms with Crippen molar-refractivity contribution in [3.8, 4) is 5.75 Å². The van der Waals surface area contributed by atoms with Crippen molar-refractivity contribution >= 4 is 33.5 Å². The van der Waals surface area contributed by atoms with Crippen LogP contribution in [0.25, 0.3) is 0 Å². The monoisotopic (exact) mass is 482 g/mol. The molecule has 3 aromatic rings. The molecule has 0 saturated carbocycles. The minimum Gasteiger partial charge on any atom is -0.490 e. The third kappa shape index (κ3) is 5.38. The Balaban J connectivity index is 1.69. The van der Waals surface area contributed by atoms with Crippen LogP contribution in [0.5, 0.6) is 5.75 Å². The van der Waals surface area contributed by atoms with Gasteiger partial charge >= 0.3 is 5.69 Å². The predicted octanol–water partition coefficient (Wildman–Crippen LogP) is 3.50. The Labute approximate surface area is 196 Å². The number of methoxy groups -OCH3 is 1. The third-order valence-corrected chi connectivity index (χ3v) is 6.75. The maximum absolute atomic E-state index is 12.8. The molecule has 34 heavy (non-hydrogen) atoms. The van der Waals surface area contributed by atoms with Crippen molar-refractivity contribution in [2.45, 2.75) is 11.8 Å². The van der Waals surface area contributed by atoms with Crippen molar-refractivity contribution in [2.75, 3.05) is 18.5 Å². The summed E-state index contributed by atoms with van der Waals surface area (Å²) in [5, 5.41) is 14.9. The first kappa shape index (κ1) is 24.4. The number of nitrogens with zero attached hydrogens (tertiary/aromatic N) is 3. The summed E-state index contributed by atoms with van der Waals surface area (Å²) in [7, 11) is -0.985. The van der Waals surface area contributed by atoms with Gasteiger partial charge in [-0.05, 0) is 55.5 Å². The van der Waals surface area contributed by atoms with E-state index in [1.54, 1.807) is 30.3 Å². The first-order chi connectivity index (χ1) is 16.1. The fraction of sp³-hybridized carbons (Fsp3) is 0.130. The molecule has 1 N–H and O–H groups in total. The number of sulfonamides is 1. The highest BCUT2D eigenvalue weighted by Crippen LogP contribution is 2.27. The quantitative estimate of drug-likeness (QED) is 0.297. The van der Waals surface area contributed by atoms with Crippen LogP contribution in [0.3, 0.4) is 0 Å². The number of amides is 1. The molecular formula is C23H22N4O6S. The van der Waals surface area contributed by atoms with Crippen LogP contribution in [-0.4, -0.2) is 39.6 Å². The number of carbonyl (C=O) groups excluding carboxylic acids is 1. The van der Waals surface area contributed by atoms with Crippen molar-refractivity contribution < 1.29 is 22.9 Å². The number of nitrogens with one attached hydrogen (secondary N) is 1. The van der Waals surface area contributed by atoms with E-state index in [2.05, 4.69) is 10.5 Å². The first-order valence-corrected chi connectivity index (χ1v) is 11.4. The molecule has 3 aromatic carbocycles. The zero-order chi connectivity index (χ0) is 24.9. The summed E-state index contributed by atoms with van der Waals surface area (Å²) < 4.78 is 31.7. The molecule has 11 heteroatoms. The zero-order valence-electron chi connectivity index (χ0n) is 18.6. The fourth-order valence-electron chi connectivity index (χ4n) is 2.99. The summed E-state index contributed by atoms with van der Waals surface area (Å²) in [6.45, 7) is 1.87. The van der Waals surface area contributed by atoms with E-state index in [4.69, 9.17) is 4.74 Å². The Bertz CT molecular complexity index is 1340. The summed E-state index contributed by atoms with van der Waals surface area (Å²) in [4.78, 5) is 23.0. The Morgan fingerprint density at radius 3 is 2.32 bits per heavy atom. The molecule has 3 rings (SSSR count). The van der Waals surface area contributed by atoms with Crippen LogP contribution < -0.4 is 14.5 Å². The molecule has 0 fully saturated rings. The molecule has 1 amide bonds. The van der Waals surface area contributed by atoms with Crippen molar-refractivity contribution in [2.24, 2.45) is 5.10 Å². The molecule has 0 aliphatic carbocycles. The number of benzene rings is 3. The van der Waals surface area contributed by atoms with E-state index < -0.39 is 20.9 Å². The minimum absolute atomic E-state index is 0.112. The molecule has 0 heterocycles. The average molecular weight is 483 g/mol. The molecule has 0 aliphatic heterocycles. The highest BCUT2D eigenvalue weighted by molar-refractivity contribution is 7.92. The molecule has 0 unspecified atom stereocenters. The lowest BCUT2D eigenvalue weighted by Crippen LogP contribution is -2.26. The van der Waals surface area contributed by atoms with Gasteiger partial charge in [-0.1, -0.05) is 17.7 Å². The molecule has 0 saturated heterocycles. The highest BCUT2D eigenvalue weighted by atomic mass is 32.2. The summed E-state index contributed by atoms with van der Waals surface area (Å²) in [5.74, 6) is -0.421. The molecule has 0 radical (unpaired) electrons. The van der Waals surface area contributed by atoms with Gasteiger partial charge < -0.3 is 4.74 Å². The van der Waals surface area contributed by atoms with Gasteiger partial charge in [0.2, 0.25) is 0 Å². The number of nitro benzene ring substituents is 1. The predicted molar refractivity (Wildman–Crippen MR) is 128 cm³/mol. The number of hydrazone groups is 1. The van der Waals surface area contributed by atoms with Crippen LogP contribution >= 0.6 is 0 Å². The van der Waals surface area contributed by atoms with E-state index >= 15 is 0 Å². The lowest BCUT2D eigenvalue weighted by Gasteiger charge is -2.19. The van der Waals surface area contributed by atoms with E-state index in [-0.39, 0.29) is 21.9 Å². The topological polar surface area (TPSA) is 131 Å². The number of nitro groups is 1. The Hall–Kier alpha value is -4.25. The second-order valence-electron chi connectivity index (χ2n) is 7.22. The first-order valence-electron chi connectivity index (χ1n) is 9.95. The van der Waals surface area contributed by atoms with E-state index in [0.29, 0.717) is 11.3 Å². The third-order valence-electron chi connectivity index (χ3n) is 4.95. The normalized spacial score (nSPS) is 11.3. The summed E-state index contributed by atoms with van der Waals surface area (Å²) >= 11 is 0. The average Bonchev–Trinajstić information content (AvgIpc) is 2.83. The van der Waals surface area contributed by atoms with E-state index in [9.17, 15) is 23.3 Å². The number of rotatable bonds is 8. The van der Waals surface area contributed by atoms with Gasteiger partial charge in [-0.15, -0.1) is 0 Å². The zero-order valence-corrected chi connectivity index (χ0v) is 19.4. The van der Waals surface area contributed by atoms with Gasteiger partial charge in [-0.3, -0.25) is 19.2 Å². The van der Waals surface area contributed by atoms with Gasteiger partial charge in [0.05, 0.1) is 28.8 Å². The van der Waals surface area contributed by atoms with Crippen LogP contribution in [0, 0.1) is 17.0 Å². The van der Waals surface area contributed by atoms with Gasteiger partial charge in [0.15, 0.2) is 5.75 Å². The van der Waals surface area contributed by atoms with Gasteiger partial charge in [0.25, 0.3) is 15.9 Å². The number of hydrogen-bond acceptors (Lipinski definition) is 7. The Morgan fingerprint density at radius 2 is 1.74 bits per heavy atom. The van der Waals surface area contributed by atoms with Crippen LogP contribution in [0.1, 0.15) is 21.5 Å². The Kier molecular flexibility index (Phi) is 7.27. The molecular weight excluding hydrogens is 460 g/mol. The van der Waals surface area contributed by atoms with Crippen LogP contribution in [0.4, 0.5) is 11.4 Å². The van der Waals surface area contributed by atoms with Crippen LogP contribution in [-0.2, 0) is 10.0 Å². The maximum Gasteiger partial charge on any atom is 0.311 e. The van der Waals surface area contributed by atoms with E-state index in [1.165, 1.54) is 56.8 Å².